The van der Waals surface area contributed by atoms with E-state index >= 15 is 0 Å². The lowest BCUT2D eigenvalue weighted by Gasteiger charge is -2.06. The third-order valence-corrected chi connectivity index (χ3v) is 3.52. The predicted molar refractivity (Wildman–Crippen MR) is 105 cm³/mol. The van der Waals surface area contributed by atoms with Gasteiger partial charge in [0.05, 0.1) is 18.2 Å². The Morgan fingerprint density at radius 3 is 2.04 bits per heavy atom. The molecule has 0 aromatic heterocycles. The Bertz CT molecular complexity index is 840. The van der Waals surface area contributed by atoms with Crippen LogP contribution in [0.1, 0.15) is 20.7 Å². The van der Waals surface area contributed by atoms with Gasteiger partial charge in [0.2, 0.25) is 0 Å². The molecular formula is C22H22O6. The maximum Gasteiger partial charge on any atom is 0.338 e. The van der Waals surface area contributed by atoms with Crippen LogP contribution in [0.4, 0.5) is 0 Å². The topological polar surface area (TPSA) is 71.1 Å². The summed E-state index contributed by atoms with van der Waals surface area (Å²) >= 11 is 0. The van der Waals surface area contributed by atoms with Crippen molar-refractivity contribution in [1.29, 1.82) is 0 Å². The minimum atomic E-state index is -0.444. The second kappa shape index (κ2) is 11.2. The first-order valence-electron chi connectivity index (χ1n) is 8.61. The van der Waals surface area contributed by atoms with Gasteiger partial charge in [-0.25, -0.2) is 9.59 Å². The van der Waals surface area contributed by atoms with Crippen LogP contribution in [0.2, 0.25) is 0 Å². The summed E-state index contributed by atoms with van der Waals surface area (Å²) in [7, 11) is 1.32. The summed E-state index contributed by atoms with van der Waals surface area (Å²) in [6.45, 7) is 4.33. The monoisotopic (exact) mass is 382 g/mol. The number of carbonyl (C=O) groups excluding carboxylic acids is 2. The largest absolute Gasteiger partial charge is 0.490 e. The number of methoxy groups -OCH3 is 1. The van der Waals surface area contributed by atoms with Crippen molar-refractivity contribution in [2.45, 2.75) is 0 Å². The first-order valence-corrected chi connectivity index (χ1v) is 8.61. The van der Waals surface area contributed by atoms with E-state index in [2.05, 4.69) is 11.3 Å². The van der Waals surface area contributed by atoms with Crippen molar-refractivity contribution in [3.05, 3.63) is 84.5 Å². The second-order valence-electron chi connectivity index (χ2n) is 5.53. The van der Waals surface area contributed by atoms with Gasteiger partial charge < -0.3 is 18.9 Å². The minimum Gasteiger partial charge on any atom is -0.490 e. The van der Waals surface area contributed by atoms with Crippen molar-refractivity contribution in [2.24, 2.45) is 0 Å². The number of benzene rings is 2. The van der Waals surface area contributed by atoms with Gasteiger partial charge in [-0.3, -0.25) is 0 Å². The Morgan fingerprint density at radius 1 is 0.857 bits per heavy atom. The molecule has 0 unspecified atom stereocenters. The molecule has 0 radical (unpaired) electrons. The Balaban J connectivity index is 1.76. The van der Waals surface area contributed by atoms with Crippen molar-refractivity contribution in [2.75, 3.05) is 26.9 Å². The van der Waals surface area contributed by atoms with Crippen molar-refractivity contribution in [3.63, 3.8) is 0 Å². The predicted octanol–water partition coefficient (Wildman–Crippen LogP) is 3.83. The third-order valence-electron chi connectivity index (χ3n) is 3.52. The molecule has 2 rings (SSSR count). The van der Waals surface area contributed by atoms with Gasteiger partial charge in [-0.15, -0.1) is 0 Å². The summed E-state index contributed by atoms with van der Waals surface area (Å²) in [6.07, 6.45) is 5.03. The van der Waals surface area contributed by atoms with E-state index in [4.69, 9.17) is 14.2 Å². The average molecular weight is 382 g/mol. The summed E-state index contributed by atoms with van der Waals surface area (Å²) in [5, 5.41) is 0. The lowest BCUT2D eigenvalue weighted by atomic mass is 10.2. The smallest absolute Gasteiger partial charge is 0.338 e. The number of carbonyl (C=O) groups is 2. The summed E-state index contributed by atoms with van der Waals surface area (Å²) in [5.41, 5.74) is 0.822. The van der Waals surface area contributed by atoms with E-state index in [0.29, 0.717) is 29.2 Å². The molecule has 0 saturated carbocycles. The van der Waals surface area contributed by atoms with Crippen LogP contribution in [-0.4, -0.2) is 38.9 Å². The van der Waals surface area contributed by atoms with E-state index in [1.54, 1.807) is 66.8 Å². The van der Waals surface area contributed by atoms with Crippen LogP contribution in [0.25, 0.3) is 0 Å². The Kier molecular flexibility index (Phi) is 8.33. The molecule has 28 heavy (non-hydrogen) atoms. The fraction of sp³-hybridized carbons (Fsp3) is 0.182. The number of ether oxygens (including phenoxy) is 4. The van der Waals surface area contributed by atoms with Gasteiger partial charge in [0.1, 0.15) is 31.3 Å². The highest BCUT2D eigenvalue weighted by atomic mass is 16.5. The van der Waals surface area contributed by atoms with Crippen LogP contribution in [-0.2, 0) is 9.47 Å². The molecular weight excluding hydrogens is 360 g/mol. The van der Waals surface area contributed by atoms with Crippen molar-refractivity contribution in [1.82, 2.24) is 0 Å². The van der Waals surface area contributed by atoms with Crippen LogP contribution >= 0.6 is 0 Å². The fourth-order valence-corrected chi connectivity index (χ4v) is 2.19. The van der Waals surface area contributed by atoms with Crippen LogP contribution < -0.4 is 9.47 Å². The van der Waals surface area contributed by atoms with E-state index in [9.17, 15) is 9.59 Å². The Labute approximate surface area is 164 Å². The molecule has 0 atom stereocenters. The highest BCUT2D eigenvalue weighted by Crippen LogP contribution is 2.15. The zero-order valence-electron chi connectivity index (χ0n) is 15.6. The Hall–Kier alpha value is -3.54. The number of esters is 2. The molecule has 146 valence electrons. The van der Waals surface area contributed by atoms with E-state index < -0.39 is 11.9 Å². The molecule has 2 aromatic carbocycles. The van der Waals surface area contributed by atoms with Gasteiger partial charge in [0.15, 0.2) is 0 Å². The molecule has 6 heteroatoms. The average Bonchev–Trinajstić information content (AvgIpc) is 2.74. The SMILES string of the molecule is C=CCOc1cccc(C(=O)OCC=CCOc2cccc(C(=O)OC)c2)c1. The summed E-state index contributed by atoms with van der Waals surface area (Å²) in [6, 6.07) is 13.4. The molecule has 0 heterocycles. The molecule has 0 bridgehead atoms. The van der Waals surface area contributed by atoms with E-state index in [-0.39, 0.29) is 13.2 Å². The first-order chi connectivity index (χ1) is 13.6. The fourth-order valence-electron chi connectivity index (χ4n) is 2.19. The number of rotatable bonds is 10. The standard InChI is InChI=1S/C22H22O6/c1-3-12-26-19-10-7-9-18(16-19)22(24)28-14-5-4-13-27-20-11-6-8-17(15-20)21(23)25-2/h3-11,15-16H,1,12-14H2,2H3. The number of hydrogen-bond donors (Lipinski definition) is 0. The van der Waals surface area contributed by atoms with Gasteiger partial charge in [0, 0.05) is 0 Å². The molecule has 0 aliphatic heterocycles. The van der Waals surface area contributed by atoms with Gasteiger partial charge in [0.25, 0.3) is 0 Å². The van der Waals surface area contributed by atoms with Gasteiger partial charge in [-0.1, -0.05) is 24.8 Å². The molecule has 0 fully saturated rings. The molecule has 0 N–H and O–H groups in total. The van der Waals surface area contributed by atoms with Crippen molar-refractivity contribution in [3.8, 4) is 11.5 Å². The van der Waals surface area contributed by atoms with Gasteiger partial charge in [-0.2, -0.15) is 0 Å². The van der Waals surface area contributed by atoms with Gasteiger partial charge in [-0.05, 0) is 48.6 Å². The molecule has 0 aliphatic carbocycles. The molecule has 0 aliphatic rings. The van der Waals surface area contributed by atoms with Gasteiger partial charge >= 0.3 is 11.9 Å². The highest BCUT2D eigenvalue weighted by molar-refractivity contribution is 5.90. The summed E-state index contributed by atoms with van der Waals surface area (Å²) in [5.74, 6) is 0.251. The van der Waals surface area contributed by atoms with Crippen LogP contribution in [0.15, 0.2) is 73.3 Å². The van der Waals surface area contributed by atoms with Crippen molar-refractivity contribution < 1.29 is 28.5 Å². The lowest BCUT2D eigenvalue weighted by molar-refractivity contribution is 0.0547. The van der Waals surface area contributed by atoms with Crippen LogP contribution in [0.3, 0.4) is 0 Å². The summed E-state index contributed by atoms with van der Waals surface area (Å²) < 4.78 is 20.8. The normalized spacial score (nSPS) is 10.3. The van der Waals surface area contributed by atoms with Crippen molar-refractivity contribution >= 4 is 11.9 Å². The molecule has 0 spiro atoms. The Morgan fingerprint density at radius 2 is 1.43 bits per heavy atom. The molecule has 0 amide bonds. The molecule has 2 aromatic rings. The van der Waals surface area contributed by atoms with Crippen LogP contribution in [0, 0.1) is 0 Å². The maximum atomic E-state index is 12.0. The first kappa shape index (κ1) is 20.8. The molecule has 0 saturated heterocycles. The van der Waals surface area contributed by atoms with Crippen LogP contribution in [0.5, 0.6) is 11.5 Å². The quantitative estimate of drug-likeness (QED) is 0.459. The van der Waals surface area contributed by atoms with E-state index in [1.165, 1.54) is 7.11 Å². The minimum absolute atomic E-state index is 0.113. The lowest BCUT2D eigenvalue weighted by Crippen LogP contribution is -2.06. The third kappa shape index (κ3) is 6.64. The zero-order chi connectivity index (χ0) is 20.2. The number of hydrogen-bond acceptors (Lipinski definition) is 6. The van der Waals surface area contributed by atoms with E-state index in [0.717, 1.165) is 0 Å². The molecule has 6 nitrogen and oxygen atoms in total. The second-order valence-corrected chi connectivity index (χ2v) is 5.53. The summed E-state index contributed by atoms with van der Waals surface area (Å²) in [4.78, 5) is 23.5. The maximum absolute atomic E-state index is 12.0. The highest BCUT2D eigenvalue weighted by Gasteiger charge is 2.07. The zero-order valence-corrected chi connectivity index (χ0v) is 15.6. The van der Waals surface area contributed by atoms with E-state index in [1.807, 2.05) is 0 Å².